The van der Waals surface area contributed by atoms with E-state index in [2.05, 4.69) is 27.9 Å². The summed E-state index contributed by atoms with van der Waals surface area (Å²) in [6.45, 7) is 1.54. The molecule has 2 aromatic heterocycles. The molecule has 0 unspecified atom stereocenters. The van der Waals surface area contributed by atoms with E-state index in [9.17, 15) is 4.39 Å². The highest BCUT2D eigenvalue weighted by atomic mass is 19.1. The lowest BCUT2D eigenvalue weighted by atomic mass is 9.96. The standard InChI is InChI=1S/C22H22FN3O2/c1-25-19-9-15-10-20(14-5-7-28-8-6-14)26(21(15)11-16(19)13-24-25)17-3-4-18(23)22(12-17)27-2/h3-4,9-14H,5-8H2,1-2H3. The first kappa shape index (κ1) is 17.3. The Balaban J connectivity index is 1.79. The number of aryl methyl sites for hydroxylation is 1. The topological polar surface area (TPSA) is 41.2 Å². The zero-order valence-corrected chi connectivity index (χ0v) is 16.0. The van der Waals surface area contributed by atoms with Crippen LogP contribution in [-0.4, -0.2) is 34.7 Å². The number of fused-ring (bicyclic) bond motifs is 2. The molecule has 1 saturated heterocycles. The molecule has 0 amide bonds. The molecule has 4 aromatic rings. The van der Waals surface area contributed by atoms with Gasteiger partial charge >= 0.3 is 0 Å². The fraction of sp³-hybridized carbons (Fsp3) is 0.318. The molecule has 144 valence electrons. The van der Waals surface area contributed by atoms with Crippen LogP contribution in [0.2, 0.25) is 0 Å². The summed E-state index contributed by atoms with van der Waals surface area (Å²) in [6.07, 6.45) is 3.84. The van der Waals surface area contributed by atoms with Gasteiger partial charge in [0, 0.05) is 54.4 Å². The Kier molecular flexibility index (Phi) is 4.09. The fourth-order valence-corrected chi connectivity index (χ4v) is 4.25. The second kappa shape index (κ2) is 6.63. The molecule has 0 atom stereocenters. The molecule has 3 heterocycles. The smallest absolute Gasteiger partial charge is 0.165 e. The SMILES string of the molecule is COc1cc(-n2c(C3CCOCC3)cc3cc4c(cnn4C)cc32)ccc1F. The van der Waals surface area contributed by atoms with Crippen molar-refractivity contribution in [2.24, 2.45) is 7.05 Å². The van der Waals surface area contributed by atoms with Crippen molar-refractivity contribution in [2.75, 3.05) is 20.3 Å². The van der Waals surface area contributed by atoms with Gasteiger partial charge in [0.1, 0.15) is 0 Å². The first-order chi connectivity index (χ1) is 13.7. The average molecular weight is 379 g/mol. The van der Waals surface area contributed by atoms with E-state index in [0.29, 0.717) is 5.92 Å². The van der Waals surface area contributed by atoms with E-state index >= 15 is 0 Å². The molecule has 1 aliphatic heterocycles. The van der Waals surface area contributed by atoms with Gasteiger partial charge in [-0.25, -0.2) is 4.39 Å². The van der Waals surface area contributed by atoms with Crippen molar-refractivity contribution in [2.45, 2.75) is 18.8 Å². The normalized spacial score (nSPS) is 15.5. The summed E-state index contributed by atoms with van der Waals surface area (Å²) < 4.78 is 29.0. The van der Waals surface area contributed by atoms with E-state index in [-0.39, 0.29) is 11.6 Å². The largest absolute Gasteiger partial charge is 0.494 e. The Bertz CT molecular complexity index is 1170. The van der Waals surface area contributed by atoms with Crippen molar-refractivity contribution >= 4 is 21.8 Å². The van der Waals surface area contributed by atoms with Gasteiger partial charge in [-0.15, -0.1) is 0 Å². The number of methoxy groups -OCH3 is 1. The van der Waals surface area contributed by atoms with Gasteiger partial charge in [-0.05, 0) is 43.2 Å². The predicted octanol–water partition coefficient (Wildman–Crippen LogP) is 4.56. The molecule has 6 heteroatoms. The second-order valence-corrected chi connectivity index (χ2v) is 7.35. The maximum Gasteiger partial charge on any atom is 0.165 e. The number of hydrogen-bond donors (Lipinski definition) is 0. The lowest BCUT2D eigenvalue weighted by Gasteiger charge is -2.24. The molecule has 0 aliphatic carbocycles. The van der Waals surface area contributed by atoms with Gasteiger partial charge in [-0.2, -0.15) is 5.10 Å². The monoisotopic (exact) mass is 379 g/mol. The van der Waals surface area contributed by atoms with Crippen molar-refractivity contribution in [3.8, 4) is 11.4 Å². The van der Waals surface area contributed by atoms with E-state index in [1.165, 1.54) is 18.9 Å². The van der Waals surface area contributed by atoms with Crippen LogP contribution in [-0.2, 0) is 11.8 Å². The van der Waals surface area contributed by atoms with E-state index in [0.717, 1.165) is 53.5 Å². The number of benzene rings is 2. The van der Waals surface area contributed by atoms with E-state index < -0.39 is 0 Å². The predicted molar refractivity (Wildman–Crippen MR) is 107 cm³/mol. The van der Waals surface area contributed by atoms with Gasteiger partial charge in [0.15, 0.2) is 11.6 Å². The third kappa shape index (κ3) is 2.67. The number of hydrogen-bond acceptors (Lipinski definition) is 3. The van der Waals surface area contributed by atoms with Crippen LogP contribution >= 0.6 is 0 Å². The molecule has 28 heavy (non-hydrogen) atoms. The summed E-state index contributed by atoms with van der Waals surface area (Å²) in [6, 6.07) is 11.6. The minimum Gasteiger partial charge on any atom is -0.494 e. The van der Waals surface area contributed by atoms with Crippen LogP contribution in [0.5, 0.6) is 5.75 Å². The molecule has 1 fully saturated rings. The molecule has 0 radical (unpaired) electrons. The molecule has 0 N–H and O–H groups in total. The number of halogens is 1. The highest BCUT2D eigenvalue weighted by Crippen LogP contribution is 2.36. The minimum atomic E-state index is -0.357. The van der Waals surface area contributed by atoms with Gasteiger partial charge in [-0.3, -0.25) is 4.68 Å². The zero-order valence-electron chi connectivity index (χ0n) is 16.0. The molecule has 0 bridgehead atoms. The number of nitrogens with zero attached hydrogens (tertiary/aromatic N) is 3. The third-order valence-corrected chi connectivity index (χ3v) is 5.73. The van der Waals surface area contributed by atoms with Crippen molar-refractivity contribution in [1.82, 2.24) is 14.3 Å². The molecule has 5 rings (SSSR count). The molecule has 5 nitrogen and oxygen atoms in total. The Morgan fingerprint density at radius 1 is 1.07 bits per heavy atom. The van der Waals surface area contributed by atoms with E-state index in [1.54, 1.807) is 6.07 Å². The van der Waals surface area contributed by atoms with Crippen molar-refractivity contribution < 1.29 is 13.9 Å². The van der Waals surface area contributed by atoms with Gasteiger partial charge in [0.2, 0.25) is 0 Å². The van der Waals surface area contributed by atoms with Crippen LogP contribution < -0.4 is 4.74 Å². The lowest BCUT2D eigenvalue weighted by Crippen LogP contribution is -2.16. The quantitative estimate of drug-likeness (QED) is 0.524. The molecular formula is C22H22FN3O2. The Labute approximate surface area is 162 Å². The summed E-state index contributed by atoms with van der Waals surface area (Å²) in [7, 11) is 3.45. The third-order valence-electron chi connectivity index (χ3n) is 5.73. The van der Waals surface area contributed by atoms with Crippen LogP contribution in [0.1, 0.15) is 24.5 Å². The summed E-state index contributed by atoms with van der Waals surface area (Å²) in [5, 5.41) is 6.61. The molecule has 0 saturated carbocycles. The van der Waals surface area contributed by atoms with Crippen LogP contribution in [0.4, 0.5) is 4.39 Å². The number of rotatable bonds is 3. The van der Waals surface area contributed by atoms with Crippen LogP contribution in [0.15, 0.2) is 42.6 Å². The highest BCUT2D eigenvalue weighted by molar-refractivity contribution is 5.96. The summed E-state index contributed by atoms with van der Waals surface area (Å²) >= 11 is 0. The number of ether oxygens (including phenoxy) is 2. The average Bonchev–Trinajstić information content (AvgIpc) is 3.28. The van der Waals surface area contributed by atoms with Crippen LogP contribution in [0, 0.1) is 5.82 Å². The highest BCUT2D eigenvalue weighted by Gasteiger charge is 2.23. The van der Waals surface area contributed by atoms with E-state index in [1.807, 2.05) is 24.0 Å². The minimum absolute atomic E-state index is 0.250. The zero-order chi connectivity index (χ0) is 19.3. The molecule has 0 spiro atoms. The number of aromatic nitrogens is 3. The fourth-order valence-electron chi connectivity index (χ4n) is 4.25. The molecule has 2 aromatic carbocycles. The Hall–Kier alpha value is -2.86. The van der Waals surface area contributed by atoms with Crippen molar-refractivity contribution in [3.05, 3.63) is 54.1 Å². The van der Waals surface area contributed by atoms with Gasteiger partial charge in [0.05, 0.1) is 24.3 Å². The van der Waals surface area contributed by atoms with E-state index in [4.69, 9.17) is 9.47 Å². The Morgan fingerprint density at radius 2 is 1.86 bits per heavy atom. The Morgan fingerprint density at radius 3 is 2.64 bits per heavy atom. The second-order valence-electron chi connectivity index (χ2n) is 7.35. The first-order valence-electron chi connectivity index (χ1n) is 9.54. The first-order valence-corrected chi connectivity index (χ1v) is 9.54. The molecule has 1 aliphatic rings. The summed E-state index contributed by atoms with van der Waals surface area (Å²) in [5.41, 5.74) is 4.32. The van der Waals surface area contributed by atoms with Gasteiger partial charge in [0.25, 0.3) is 0 Å². The summed E-state index contributed by atoms with van der Waals surface area (Å²) in [4.78, 5) is 0. The van der Waals surface area contributed by atoms with Crippen molar-refractivity contribution in [1.29, 1.82) is 0 Å². The van der Waals surface area contributed by atoms with Crippen molar-refractivity contribution in [3.63, 3.8) is 0 Å². The summed E-state index contributed by atoms with van der Waals surface area (Å²) in [5.74, 6) is 0.295. The van der Waals surface area contributed by atoms with Gasteiger partial charge in [-0.1, -0.05) is 0 Å². The van der Waals surface area contributed by atoms with Gasteiger partial charge < -0.3 is 14.0 Å². The lowest BCUT2D eigenvalue weighted by molar-refractivity contribution is 0.0842. The van der Waals surface area contributed by atoms with Crippen LogP contribution in [0.3, 0.4) is 0 Å². The maximum absolute atomic E-state index is 14.0. The van der Waals surface area contributed by atoms with Crippen LogP contribution in [0.25, 0.3) is 27.5 Å². The molecular weight excluding hydrogens is 357 g/mol. The maximum atomic E-state index is 14.0.